The van der Waals surface area contributed by atoms with Gasteiger partial charge < -0.3 is 10.0 Å². The summed E-state index contributed by atoms with van der Waals surface area (Å²) in [6, 6.07) is 5.94. The van der Waals surface area contributed by atoms with Crippen molar-refractivity contribution in [3.63, 3.8) is 0 Å². The average Bonchev–Trinajstić information content (AvgIpc) is 3.43. The minimum Gasteiger partial charge on any atom is -0.481 e. The van der Waals surface area contributed by atoms with Gasteiger partial charge in [-0.15, -0.1) is 0 Å². The molecular weight excluding hydrogens is 356 g/mol. The van der Waals surface area contributed by atoms with Crippen LogP contribution >= 0.6 is 0 Å². The summed E-state index contributed by atoms with van der Waals surface area (Å²) in [5.74, 6) is -1.33. The second kappa shape index (κ2) is 7.36. The molecule has 0 bridgehead atoms. The van der Waals surface area contributed by atoms with Crippen molar-refractivity contribution in [3.8, 4) is 0 Å². The molecule has 7 nitrogen and oxygen atoms in total. The molecule has 26 heavy (non-hydrogen) atoms. The van der Waals surface area contributed by atoms with Crippen molar-refractivity contribution in [3.05, 3.63) is 29.8 Å². The Labute approximate surface area is 153 Å². The molecule has 2 unspecified atom stereocenters. The number of sulfonamides is 1. The molecule has 1 aliphatic carbocycles. The van der Waals surface area contributed by atoms with Gasteiger partial charge in [-0.05, 0) is 49.3 Å². The topological polar surface area (TPSA) is 104 Å². The van der Waals surface area contributed by atoms with E-state index >= 15 is 0 Å². The molecule has 3 rings (SSSR count). The van der Waals surface area contributed by atoms with E-state index in [4.69, 9.17) is 0 Å². The monoisotopic (exact) mass is 380 g/mol. The number of benzene rings is 1. The van der Waals surface area contributed by atoms with Crippen molar-refractivity contribution in [2.45, 2.75) is 31.1 Å². The van der Waals surface area contributed by atoms with Crippen molar-refractivity contribution in [1.82, 2.24) is 9.62 Å². The van der Waals surface area contributed by atoms with Crippen molar-refractivity contribution in [2.24, 2.45) is 17.8 Å². The van der Waals surface area contributed by atoms with Crippen LogP contribution in [0.15, 0.2) is 29.2 Å². The molecule has 1 saturated heterocycles. The smallest absolute Gasteiger partial charge is 0.308 e. The van der Waals surface area contributed by atoms with Crippen molar-refractivity contribution < 1.29 is 23.1 Å². The van der Waals surface area contributed by atoms with E-state index in [9.17, 15) is 23.1 Å². The molecule has 1 aromatic rings. The molecule has 1 heterocycles. The SMILES string of the molecule is CC1CC(C(=O)O)CN(C(=O)c2cccc(S(=O)(=O)NCC3CC3)c2)C1. The molecule has 0 spiro atoms. The van der Waals surface area contributed by atoms with E-state index in [1.807, 2.05) is 6.92 Å². The summed E-state index contributed by atoms with van der Waals surface area (Å²) in [7, 11) is -3.65. The van der Waals surface area contributed by atoms with Gasteiger partial charge in [0.05, 0.1) is 10.8 Å². The van der Waals surface area contributed by atoms with E-state index < -0.39 is 21.9 Å². The van der Waals surface area contributed by atoms with Crippen LogP contribution in [0.25, 0.3) is 0 Å². The molecule has 2 atom stereocenters. The van der Waals surface area contributed by atoms with Crippen LogP contribution in [0.1, 0.15) is 36.5 Å². The van der Waals surface area contributed by atoms with Crippen molar-refractivity contribution in [1.29, 1.82) is 0 Å². The van der Waals surface area contributed by atoms with Crippen LogP contribution in [0, 0.1) is 17.8 Å². The number of hydrogen-bond acceptors (Lipinski definition) is 4. The Hall–Kier alpha value is -1.93. The lowest BCUT2D eigenvalue weighted by atomic mass is 9.90. The van der Waals surface area contributed by atoms with Crippen molar-refractivity contribution >= 4 is 21.9 Å². The third kappa shape index (κ3) is 4.42. The standard InChI is InChI=1S/C18H24N2O5S/c1-12-7-15(18(22)23)11-20(10-12)17(21)14-3-2-4-16(8-14)26(24,25)19-9-13-5-6-13/h2-4,8,12-13,15,19H,5-7,9-11H2,1H3,(H,22,23). The summed E-state index contributed by atoms with van der Waals surface area (Å²) < 4.78 is 27.4. The number of carbonyl (C=O) groups excluding carboxylic acids is 1. The Morgan fingerprint density at radius 3 is 2.65 bits per heavy atom. The average molecular weight is 380 g/mol. The fourth-order valence-electron chi connectivity index (χ4n) is 3.31. The van der Waals surface area contributed by atoms with Gasteiger partial charge in [0.1, 0.15) is 0 Å². The third-order valence-electron chi connectivity index (χ3n) is 4.95. The second-order valence-electron chi connectivity index (χ2n) is 7.41. The summed E-state index contributed by atoms with van der Waals surface area (Å²) in [6.07, 6.45) is 2.62. The Kier molecular flexibility index (Phi) is 5.34. The number of hydrogen-bond donors (Lipinski definition) is 2. The lowest BCUT2D eigenvalue weighted by Gasteiger charge is -2.34. The first-order chi connectivity index (χ1) is 12.3. The van der Waals surface area contributed by atoms with Gasteiger partial charge in [0, 0.05) is 25.2 Å². The van der Waals surface area contributed by atoms with Crippen LogP contribution in [-0.4, -0.2) is 49.9 Å². The molecule has 2 N–H and O–H groups in total. The molecule has 0 aromatic heterocycles. The number of aliphatic carboxylic acids is 1. The number of piperidine rings is 1. The maximum Gasteiger partial charge on any atom is 0.308 e. The van der Waals surface area contributed by atoms with E-state index in [1.54, 1.807) is 12.1 Å². The molecule has 8 heteroatoms. The minimum absolute atomic E-state index is 0.0591. The highest BCUT2D eigenvalue weighted by Gasteiger charge is 2.32. The van der Waals surface area contributed by atoms with Gasteiger partial charge >= 0.3 is 5.97 Å². The highest BCUT2D eigenvalue weighted by atomic mass is 32.2. The van der Waals surface area contributed by atoms with Crippen LogP contribution in [0.2, 0.25) is 0 Å². The first-order valence-corrected chi connectivity index (χ1v) is 10.4. The Morgan fingerprint density at radius 2 is 2.00 bits per heavy atom. The van der Waals surface area contributed by atoms with E-state index in [0.717, 1.165) is 12.8 Å². The minimum atomic E-state index is -3.65. The number of carboxylic acids is 1. The van der Waals surface area contributed by atoms with Gasteiger partial charge in [-0.2, -0.15) is 0 Å². The van der Waals surface area contributed by atoms with Crippen LogP contribution in [0.4, 0.5) is 0 Å². The number of rotatable bonds is 6. The molecule has 1 aliphatic heterocycles. The summed E-state index contributed by atoms with van der Waals surface area (Å²) in [6.45, 7) is 2.96. The lowest BCUT2D eigenvalue weighted by molar-refractivity contribution is -0.143. The van der Waals surface area contributed by atoms with Crippen LogP contribution in [0.5, 0.6) is 0 Å². The molecule has 142 valence electrons. The first kappa shape index (κ1) is 18.8. The number of carbonyl (C=O) groups is 2. The number of likely N-dealkylation sites (tertiary alicyclic amines) is 1. The molecule has 1 aromatic carbocycles. The number of carboxylic acid groups (broad SMARTS) is 1. The summed E-state index contributed by atoms with van der Waals surface area (Å²) in [5.41, 5.74) is 0.262. The van der Waals surface area contributed by atoms with E-state index in [0.29, 0.717) is 25.4 Å². The number of nitrogens with zero attached hydrogens (tertiary/aromatic N) is 1. The van der Waals surface area contributed by atoms with Crippen LogP contribution in [0.3, 0.4) is 0 Å². The quantitative estimate of drug-likeness (QED) is 0.779. The number of amides is 1. The Morgan fingerprint density at radius 1 is 1.27 bits per heavy atom. The fraction of sp³-hybridized carbons (Fsp3) is 0.556. The predicted molar refractivity (Wildman–Crippen MR) is 95.2 cm³/mol. The predicted octanol–water partition coefficient (Wildman–Crippen LogP) is 1.56. The normalized spacial score (nSPS) is 23.7. The fourth-order valence-corrected chi connectivity index (χ4v) is 4.47. The Balaban J connectivity index is 1.76. The second-order valence-corrected chi connectivity index (χ2v) is 9.18. The summed E-state index contributed by atoms with van der Waals surface area (Å²) >= 11 is 0. The molecule has 2 aliphatic rings. The number of nitrogens with one attached hydrogen (secondary N) is 1. The zero-order valence-electron chi connectivity index (χ0n) is 14.7. The molecule has 1 amide bonds. The molecule has 0 radical (unpaired) electrons. The zero-order chi connectivity index (χ0) is 18.9. The molecule has 2 fully saturated rings. The van der Waals surface area contributed by atoms with Gasteiger partial charge in [0.15, 0.2) is 0 Å². The molecular formula is C18H24N2O5S. The highest BCUT2D eigenvalue weighted by molar-refractivity contribution is 7.89. The summed E-state index contributed by atoms with van der Waals surface area (Å²) in [4.78, 5) is 25.7. The Bertz CT molecular complexity index is 804. The third-order valence-corrected chi connectivity index (χ3v) is 6.37. The van der Waals surface area contributed by atoms with Gasteiger partial charge in [-0.1, -0.05) is 13.0 Å². The van der Waals surface area contributed by atoms with Gasteiger partial charge in [-0.3, -0.25) is 9.59 Å². The molecule has 1 saturated carbocycles. The van der Waals surface area contributed by atoms with Gasteiger partial charge in [-0.25, -0.2) is 13.1 Å². The first-order valence-electron chi connectivity index (χ1n) is 8.88. The van der Waals surface area contributed by atoms with E-state index in [1.165, 1.54) is 17.0 Å². The zero-order valence-corrected chi connectivity index (χ0v) is 15.5. The maximum absolute atomic E-state index is 12.8. The van der Waals surface area contributed by atoms with Crippen LogP contribution in [-0.2, 0) is 14.8 Å². The van der Waals surface area contributed by atoms with Gasteiger partial charge in [0.25, 0.3) is 5.91 Å². The van der Waals surface area contributed by atoms with Crippen molar-refractivity contribution in [2.75, 3.05) is 19.6 Å². The maximum atomic E-state index is 12.8. The summed E-state index contributed by atoms with van der Waals surface area (Å²) in [5, 5.41) is 9.26. The van der Waals surface area contributed by atoms with E-state index in [-0.39, 0.29) is 28.8 Å². The van der Waals surface area contributed by atoms with E-state index in [2.05, 4.69) is 4.72 Å². The highest BCUT2D eigenvalue weighted by Crippen LogP contribution is 2.28. The lowest BCUT2D eigenvalue weighted by Crippen LogP contribution is -2.45. The largest absolute Gasteiger partial charge is 0.481 e. The van der Waals surface area contributed by atoms with Crippen LogP contribution < -0.4 is 4.72 Å². The van der Waals surface area contributed by atoms with Gasteiger partial charge in [0.2, 0.25) is 10.0 Å².